The fourth-order valence-corrected chi connectivity index (χ4v) is 1.95. The average Bonchev–Trinajstić information content (AvgIpc) is 2.86. The van der Waals surface area contributed by atoms with Gasteiger partial charge in [0.05, 0.1) is 18.9 Å². The molecule has 3 heterocycles. The minimum absolute atomic E-state index is 0.566. The van der Waals surface area contributed by atoms with E-state index >= 15 is 0 Å². The van der Waals surface area contributed by atoms with Crippen LogP contribution in [-0.4, -0.2) is 26.1 Å². The molecule has 0 amide bonds. The van der Waals surface area contributed by atoms with E-state index in [1.807, 2.05) is 12.4 Å². The topological polar surface area (TPSA) is 84.9 Å². The van der Waals surface area contributed by atoms with Gasteiger partial charge >= 0.3 is 0 Å². The maximum atomic E-state index is 5.32. The number of imidazole rings is 1. The lowest BCUT2D eigenvalue weighted by atomic mass is 10.3. The zero-order valence-electron chi connectivity index (χ0n) is 9.24. The quantitative estimate of drug-likeness (QED) is 0.558. The SMILES string of the molecule is NNc1cncc(N2CCn3ccnc3C2)n1. The summed E-state index contributed by atoms with van der Waals surface area (Å²) >= 11 is 0. The summed E-state index contributed by atoms with van der Waals surface area (Å²) in [5, 5.41) is 0. The van der Waals surface area contributed by atoms with Crippen molar-refractivity contribution in [2.24, 2.45) is 5.84 Å². The largest absolute Gasteiger partial charge is 0.346 e. The fourth-order valence-electron chi connectivity index (χ4n) is 1.95. The summed E-state index contributed by atoms with van der Waals surface area (Å²) in [4.78, 5) is 14.9. The Bertz CT molecular complexity index is 521. The summed E-state index contributed by atoms with van der Waals surface area (Å²) in [5.41, 5.74) is 2.50. The van der Waals surface area contributed by atoms with Crippen molar-refractivity contribution in [3.63, 3.8) is 0 Å². The van der Waals surface area contributed by atoms with E-state index in [0.29, 0.717) is 5.82 Å². The van der Waals surface area contributed by atoms with E-state index < -0.39 is 0 Å². The first-order chi connectivity index (χ1) is 8.36. The van der Waals surface area contributed by atoms with Crippen LogP contribution >= 0.6 is 0 Å². The monoisotopic (exact) mass is 231 g/mol. The molecule has 0 bridgehead atoms. The summed E-state index contributed by atoms with van der Waals surface area (Å²) < 4.78 is 2.15. The number of nitrogens with two attached hydrogens (primary N) is 1. The summed E-state index contributed by atoms with van der Waals surface area (Å²) in [6.07, 6.45) is 7.15. The molecule has 0 aromatic carbocycles. The number of hydrogen-bond donors (Lipinski definition) is 2. The van der Waals surface area contributed by atoms with Gasteiger partial charge in [-0.1, -0.05) is 0 Å². The van der Waals surface area contributed by atoms with Gasteiger partial charge in [0.25, 0.3) is 0 Å². The molecule has 0 radical (unpaired) electrons. The van der Waals surface area contributed by atoms with E-state index in [1.165, 1.54) is 0 Å². The second kappa shape index (κ2) is 4.02. The maximum absolute atomic E-state index is 5.32. The van der Waals surface area contributed by atoms with Gasteiger partial charge in [0.2, 0.25) is 0 Å². The number of nitrogens with one attached hydrogen (secondary N) is 1. The normalized spacial score (nSPS) is 14.5. The molecule has 3 N–H and O–H groups in total. The molecule has 88 valence electrons. The molecule has 1 aliphatic rings. The maximum Gasteiger partial charge on any atom is 0.160 e. The van der Waals surface area contributed by atoms with E-state index in [2.05, 4.69) is 29.8 Å². The van der Waals surface area contributed by atoms with Crippen LogP contribution in [0.15, 0.2) is 24.8 Å². The van der Waals surface area contributed by atoms with Crippen LogP contribution in [0.1, 0.15) is 5.82 Å². The summed E-state index contributed by atoms with van der Waals surface area (Å²) in [6, 6.07) is 0. The Labute approximate surface area is 98.3 Å². The second-order valence-electron chi connectivity index (χ2n) is 3.87. The van der Waals surface area contributed by atoms with Crippen molar-refractivity contribution in [1.82, 2.24) is 19.5 Å². The first kappa shape index (κ1) is 10.0. The molecule has 2 aromatic rings. The van der Waals surface area contributed by atoms with E-state index in [4.69, 9.17) is 5.84 Å². The number of anilines is 2. The highest BCUT2D eigenvalue weighted by Crippen LogP contribution is 2.18. The number of rotatable bonds is 2. The molecule has 1 aliphatic heterocycles. The number of nitrogens with zero attached hydrogens (tertiary/aromatic N) is 5. The molecular formula is C10H13N7. The van der Waals surface area contributed by atoms with E-state index in [-0.39, 0.29) is 0 Å². The van der Waals surface area contributed by atoms with Crippen molar-refractivity contribution in [2.75, 3.05) is 16.9 Å². The van der Waals surface area contributed by atoms with Gasteiger partial charge in [0.1, 0.15) is 11.6 Å². The van der Waals surface area contributed by atoms with Crippen LogP contribution in [0, 0.1) is 0 Å². The van der Waals surface area contributed by atoms with Crippen molar-refractivity contribution >= 4 is 11.6 Å². The lowest BCUT2D eigenvalue weighted by molar-refractivity contribution is 0.555. The van der Waals surface area contributed by atoms with Crippen molar-refractivity contribution in [3.8, 4) is 0 Å². The first-order valence-corrected chi connectivity index (χ1v) is 5.40. The molecule has 0 unspecified atom stereocenters. The van der Waals surface area contributed by atoms with E-state index in [0.717, 1.165) is 31.3 Å². The molecule has 2 aromatic heterocycles. The Hall–Kier alpha value is -2.15. The number of hydrogen-bond acceptors (Lipinski definition) is 6. The van der Waals surface area contributed by atoms with Crippen LogP contribution in [-0.2, 0) is 13.1 Å². The van der Waals surface area contributed by atoms with Gasteiger partial charge in [-0.3, -0.25) is 4.98 Å². The van der Waals surface area contributed by atoms with E-state index in [9.17, 15) is 0 Å². The molecule has 7 nitrogen and oxygen atoms in total. The Morgan fingerprint density at radius 2 is 2.24 bits per heavy atom. The van der Waals surface area contributed by atoms with Gasteiger partial charge in [-0.15, -0.1) is 0 Å². The molecular weight excluding hydrogens is 218 g/mol. The van der Waals surface area contributed by atoms with Crippen LogP contribution in [0.5, 0.6) is 0 Å². The standard InChI is InChI=1S/C10H13N7/c11-15-8-5-12-6-9(14-8)17-4-3-16-2-1-13-10(16)7-17/h1-2,5-6H,3-4,7,11H2,(H,14,15). The Morgan fingerprint density at radius 1 is 1.29 bits per heavy atom. The lowest BCUT2D eigenvalue weighted by Crippen LogP contribution is -2.34. The molecule has 0 fully saturated rings. The average molecular weight is 231 g/mol. The van der Waals surface area contributed by atoms with Gasteiger partial charge in [-0.05, 0) is 0 Å². The molecule has 0 atom stereocenters. The lowest BCUT2D eigenvalue weighted by Gasteiger charge is -2.28. The number of hydrazine groups is 1. The van der Waals surface area contributed by atoms with Crippen LogP contribution < -0.4 is 16.2 Å². The Morgan fingerprint density at radius 3 is 3.12 bits per heavy atom. The number of aromatic nitrogens is 4. The summed E-state index contributed by atoms with van der Waals surface area (Å²) in [7, 11) is 0. The van der Waals surface area contributed by atoms with E-state index in [1.54, 1.807) is 12.4 Å². The zero-order chi connectivity index (χ0) is 11.7. The van der Waals surface area contributed by atoms with Gasteiger partial charge in [0, 0.05) is 25.5 Å². The third-order valence-corrected chi connectivity index (χ3v) is 2.84. The number of fused-ring (bicyclic) bond motifs is 1. The first-order valence-electron chi connectivity index (χ1n) is 5.40. The molecule has 0 spiro atoms. The summed E-state index contributed by atoms with van der Waals surface area (Å²) in [6.45, 7) is 2.55. The highest BCUT2D eigenvalue weighted by molar-refractivity contribution is 5.43. The smallest absolute Gasteiger partial charge is 0.160 e. The third-order valence-electron chi connectivity index (χ3n) is 2.84. The third kappa shape index (κ3) is 1.80. The van der Waals surface area contributed by atoms with Crippen LogP contribution in [0.2, 0.25) is 0 Å². The molecule has 7 heteroatoms. The van der Waals surface area contributed by atoms with Crippen LogP contribution in [0.25, 0.3) is 0 Å². The molecule has 17 heavy (non-hydrogen) atoms. The second-order valence-corrected chi connectivity index (χ2v) is 3.87. The Balaban J connectivity index is 1.86. The molecule has 0 aliphatic carbocycles. The van der Waals surface area contributed by atoms with Gasteiger partial charge < -0.3 is 14.9 Å². The highest BCUT2D eigenvalue weighted by Gasteiger charge is 2.18. The molecule has 0 saturated carbocycles. The predicted molar refractivity (Wildman–Crippen MR) is 63.1 cm³/mol. The minimum Gasteiger partial charge on any atom is -0.346 e. The molecule has 3 rings (SSSR count). The van der Waals surface area contributed by atoms with Crippen molar-refractivity contribution in [1.29, 1.82) is 0 Å². The van der Waals surface area contributed by atoms with Gasteiger partial charge in [-0.2, -0.15) is 0 Å². The minimum atomic E-state index is 0.566. The van der Waals surface area contributed by atoms with Crippen molar-refractivity contribution in [3.05, 3.63) is 30.6 Å². The zero-order valence-corrected chi connectivity index (χ0v) is 9.24. The fraction of sp³-hybridized carbons (Fsp3) is 0.300. The van der Waals surface area contributed by atoms with Crippen LogP contribution in [0.3, 0.4) is 0 Å². The summed E-state index contributed by atoms with van der Waals surface area (Å²) in [5.74, 6) is 7.75. The van der Waals surface area contributed by atoms with Crippen molar-refractivity contribution in [2.45, 2.75) is 13.1 Å². The van der Waals surface area contributed by atoms with Crippen LogP contribution in [0.4, 0.5) is 11.6 Å². The highest BCUT2D eigenvalue weighted by atomic mass is 15.3. The number of nitrogen functional groups attached to an aromatic ring is 1. The predicted octanol–water partition coefficient (Wildman–Crippen LogP) is -0.0211. The van der Waals surface area contributed by atoms with Gasteiger partial charge in [-0.25, -0.2) is 15.8 Å². The Kier molecular flexibility index (Phi) is 2.37. The van der Waals surface area contributed by atoms with Crippen molar-refractivity contribution < 1.29 is 0 Å². The van der Waals surface area contributed by atoms with Gasteiger partial charge in [0.15, 0.2) is 5.82 Å². The molecule has 0 saturated heterocycles.